The number of phenols is 1. The van der Waals surface area contributed by atoms with E-state index in [-0.39, 0.29) is 34.5 Å². The lowest BCUT2D eigenvalue weighted by Gasteiger charge is -2.15. The standard InChI is InChI=1S/C20H11F6N3O/c21-19(22,23)12-5-11(6-13(7-12)20(24,25)26)17-8-15(16(9-27)18(28)29-17)10-1-3-14(30)4-2-10/h1-8,30H,(H2,28,29). The fraction of sp³-hybridized carbons (Fsp3) is 0.100. The Morgan fingerprint density at radius 2 is 1.37 bits per heavy atom. The van der Waals surface area contributed by atoms with Gasteiger partial charge in [0.2, 0.25) is 0 Å². The third-order valence-electron chi connectivity index (χ3n) is 4.22. The minimum atomic E-state index is -5.02. The van der Waals surface area contributed by atoms with Gasteiger partial charge in [0, 0.05) is 11.1 Å². The molecular formula is C20H11F6N3O. The van der Waals surface area contributed by atoms with Crippen molar-refractivity contribution in [3.8, 4) is 34.2 Å². The van der Waals surface area contributed by atoms with Gasteiger partial charge in [0.15, 0.2) is 0 Å². The van der Waals surface area contributed by atoms with Gasteiger partial charge >= 0.3 is 12.4 Å². The molecule has 3 N–H and O–H groups in total. The van der Waals surface area contributed by atoms with Gasteiger partial charge in [0.1, 0.15) is 23.2 Å². The van der Waals surface area contributed by atoms with Crippen molar-refractivity contribution in [1.82, 2.24) is 4.98 Å². The maximum absolute atomic E-state index is 13.2. The molecular weight excluding hydrogens is 412 g/mol. The number of phenolic OH excluding ortho intramolecular Hbond substituents is 1. The van der Waals surface area contributed by atoms with Crippen molar-refractivity contribution in [1.29, 1.82) is 5.26 Å². The molecule has 0 fully saturated rings. The molecule has 0 spiro atoms. The van der Waals surface area contributed by atoms with Gasteiger partial charge in [-0.1, -0.05) is 12.1 Å². The van der Waals surface area contributed by atoms with E-state index in [0.717, 1.165) is 0 Å². The molecule has 0 saturated carbocycles. The zero-order chi connectivity index (χ0) is 22.3. The van der Waals surface area contributed by atoms with Crippen molar-refractivity contribution in [2.45, 2.75) is 12.4 Å². The molecule has 0 saturated heterocycles. The average Bonchev–Trinajstić information content (AvgIpc) is 2.66. The van der Waals surface area contributed by atoms with Gasteiger partial charge in [-0.2, -0.15) is 31.6 Å². The molecule has 0 aliphatic heterocycles. The molecule has 0 radical (unpaired) electrons. The minimum absolute atomic E-state index is 0.0113. The number of nitrogens with zero attached hydrogens (tertiary/aromatic N) is 2. The Bertz CT molecular complexity index is 1110. The molecule has 1 aromatic heterocycles. The summed E-state index contributed by atoms with van der Waals surface area (Å²) >= 11 is 0. The number of aromatic hydroxyl groups is 1. The van der Waals surface area contributed by atoms with E-state index in [4.69, 9.17) is 5.73 Å². The summed E-state index contributed by atoms with van der Waals surface area (Å²) < 4.78 is 78.9. The first-order valence-electron chi connectivity index (χ1n) is 8.20. The van der Waals surface area contributed by atoms with Crippen LogP contribution in [0.2, 0.25) is 0 Å². The molecule has 0 unspecified atom stereocenters. The molecule has 2 aromatic carbocycles. The van der Waals surface area contributed by atoms with Crippen LogP contribution in [0.1, 0.15) is 16.7 Å². The van der Waals surface area contributed by atoms with Gasteiger partial charge in [0.25, 0.3) is 0 Å². The SMILES string of the molecule is N#Cc1c(-c2ccc(O)cc2)cc(-c2cc(C(F)(F)F)cc(C(F)(F)F)c2)nc1N. The molecule has 154 valence electrons. The fourth-order valence-electron chi connectivity index (χ4n) is 2.80. The van der Waals surface area contributed by atoms with Crippen molar-refractivity contribution in [3.05, 3.63) is 65.2 Å². The topological polar surface area (TPSA) is 82.9 Å². The molecule has 0 bridgehead atoms. The number of benzene rings is 2. The summed E-state index contributed by atoms with van der Waals surface area (Å²) in [6.07, 6.45) is -10.0. The van der Waals surface area contributed by atoms with Crippen molar-refractivity contribution < 1.29 is 31.4 Å². The Hall–Kier alpha value is -3.74. The van der Waals surface area contributed by atoms with Crippen LogP contribution in [-0.4, -0.2) is 10.1 Å². The van der Waals surface area contributed by atoms with Gasteiger partial charge in [-0.3, -0.25) is 0 Å². The second-order valence-electron chi connectivity index (χ2n) is 6.27. The first-order valence-corrected chi connectivity index (χ1v) is 8.20. The Morgan fingerprint density at radius 3 is 1.83 bits per heavy atom. The van der Waals surface area contributed by atoms with Crippen LogP contribution < -0.4 is 5.73 Å². The molecule has 1 heterocycles. The Balaban J connectivity index is 2.28. The second kappa shape index (κ2) is 7.26. The van der Waals surface area contributed by atoms with E-state index in [1.807, 2.05) is 6.07 Å². The van der Waals surface area contributed by atoms with Crippen LogP contribution in [-0.2, 0) is 12.4 Å². The first-order chi connectivity index (χ1) is 13.9. The summed E-state index contributed by atoms with van der Waals surface area (Å²) in [6.45, 7) is 0. The van der Waals surface area contributed by atoms with Crippen LogP contribution in [0.3, 0.4) is 0 Å². The van der Waals surface area contributed by atoms with E-state index >= 15 is 0 Å². The maximum atomic E-state index is 13.2. The third-order valence-corrected chi connectivity index (χ3v) is 4.22. The number of nitrogen functional groups attached to an aromatic ring is 1. The van der Waals surface area contributed by atoms with Gasteiger partial charge in [-0.15, -0.1) is 0 Å². The normalized spacial score (nSPS) is 11.9. The predicted octanol–water partition coefficient (Wildman–Crippen LogP) is 5.61. The number of nitriles is 1. The lowest BCUT2D eigenvalue weighted by Crippen LogP contribution is -2.11. The van der Waals surface area contributed by atoms with E-state index in [1.165, 1.54) is 30.3 Å². The van der Waals surface area contributed by atoms with Gasteiger partial charge in [0.05, 0.1) is 16.8 Å². The number of aromatic nitrogens is 1. The summed E-state index contributed by atoms with van der Waals surface area (Å²) in [5, 5.41) is 18.8. The van der Waals surface area contributed by atoms with Crippen LogP contribution in [0.25, 0.3) is 22.4 Å². The van der Waals surface area contributed by atoms with Crippen LogP contribution in [0.15, 0.2) is 48.5 Å². The molecule has 0 aliphatic carbocycles. The zero-order valence-electron chi connectivity index (χ0n) is 14.8. The summed E-state index contributed by atoms with van der Waals surface area (Å²) in [7, 11) is 0. The van der Waals surface area contributed by atoms with E-state index in [0.29, 0.717) is 17.7 Å². The number of alkyl halides is 6. The van der Waals surface area contributed by atoms with Crippen molar-refractivity contribution in [3.63, 3.8) is 0 Å². The Kier molecular flexibility index (Phi) is 5.08. The number of nitrogens with two attached hydrogens (primary N) is 1. The third kappa shape index (κ3) is 4.15. The number of hydrogen-bond donors (Lipinski definition) is 2. The Labute approximate surface area is 165 Å². The highest BCUT2D eigenvalue weighted by Gasteiger charge is 2.37. The molecule has 30 heavy (non-hydrogen) atoms. The van der Waals surface area contributed by atoms with Crippen LogP contribution in [0, 0.1) is 11.3 Å². The molecule has 3 aromatic rings. The first kappa shape index (κ1) is 21.0. The summed E-state index contributed by atoms with van der Waals surface area (Å²) in [5.41, 5.74) is 2.43. The summed E-state index contributed by atoms with van der Waals surface area (Å²) in [5.74, 6) is -0.434. The van der Waals surface area contributed by atoms with Crippen LogP contribution >= 0.6 is 0 Å². The fourth-order valence-corrected chi connectivity index (χ4v) is 2.80. The molecule has 4 nitrogen and oxygen atoms in total. The average molecular weight is 423 g/mol. The molecule has 0 amide bonds. The van der Waals surface area contributed by atoms with Gasteiger partial charge < -0.3 is 10.8 Å². The van der Waals surface area contributed by atoms with Crippen LogP contribution in [0.4, 0.5) is 32.2 Å². The second-order valence-corrected chi connectivity index (χ2v) is 6.27. The van der Waals surface area contributed by atoms with Crippen molar-refractivity contribution in [2.75, 3.05) is 5.73 Å². The number of halogens is 6. The van der Waals surface area contributed by atoms with E-state index in [1.54, 1.807) is 0 Å². The Morgan fingerprint density at radius 1 is 0.833 bits per heavy atom. The highest BCUT2D eigenvalue weighted by molar-refractivity contribution is 5.80. The molecule has 0 aliphatic rings. The predicted molar refractivity (Wildman–Crippen MR) is 95.9 cm³/mol. The minimum Gasteiger partial charge on any atom is -0.508 e. The smallest absolute Gasteiger partial charge is 0.416 e. The summed E-state index contributed by atoms with van der Waals surface area (Å²) in [6, 6.07) is 9.51. The van der Waals surface area contributed by atoms with E-state index in [2.05, 4.69) is 4.98 Å². The number of anilines is 1. The van der Waals surface area contributed by atoms with Crippen molar-refractivity contribution >= 4 is 5.82 Å². The highest BCUT2D eigenvalue weighted by Crippen LogP contribution is 2.39. The van der Waals surface area contributed by atoms with E-state index < -0.39 is 29.0 Å². The number of hydrogen-bond acceptors (Lipinski definition) is 4. The number of pyridine rings is 1. The van der Waals surface area contributed by atoms with Crippen molar-refractivity contribution in [2.24, 2.45) is 0 Å². The summed E-state index contributed by atoms with van der Waals surface area (Å²) in [4.78, 5) is 3.84. The van der Waals surface area contributed by atoms with Gasteiger partial charge in [-0.25, -0.2) is 4.98 Å². The largest absolute Gasteiger partial charge is 0.508 e. The molecule has 3 rings (SSSR count). The monoisotopic (exact) mass is 423 g/mol. The van der Waals surface area contributed by atoms with Crippen LogP contribution in [0.5, 0.6) is 5.75 Å². The highest BCUT2D eigenvalue weighted by atomic mass is 19.4. The lowest BCUT2D eigenvalue weighted by molar-refractivity contribution is -0.143. The zero-order valence-corrected chi connectivity index (χ0v) is 14.8. The van der Waals surface area contributed by atoms with E-state index in [9.17, 15) is 36.7 Å². The maximum Gasteiger partial charge on any atom is 0.416 e. The molecule has 0 atom stereocenters. The van der Waals surface area contributed by atoms with Gasteiger partial charge in [-0.05, 0) is 42.0 Å². The number of rotatable bonds is 2. The molecule has 10 heteroatoms. The lowest BCUT2D eigenvalue weighted by atomic mass is 9.96. The quantitative estimate of drug-likeness (QED) is 0.525.